The van der Waals surface area contributed by atoms with E-state index in [9.17, 15) is 4.79 Å². The maximum absolute atomic E-state index is 14.9. The van der Waals surface area contributed by atoms with E-state index >= 15 is 0 Å². The second-order valence-electron chi connectivity index (χ2n) is 27.3. The van der Waals surface area contributed by atoms with Crippen LogP contribution >= 0.6 is 0 Å². The molecule has 4 aromatic carbocycles. The molecule has 3 aliphatic rings. The fourth-order valence-electron chi connectivity index (χ4n) is 10.5. The SMILES string of the molecule is CC(C)(C)c1cc(-c2c3nc(c(-c4cc(C(C)(C)C)cc(C(C)(C)C)c4)c4ccc([n-]4)c4c5nc(c(-c6cc(C(C)(C)C)cc(C(C)(C)C)c6)c6ccc2[n-]6)C=C5C(=O)c2ccccc2-4)C=C3)cc(C(C)(C)C)c1.[Ni+2]. The number of carbonyl (C=O) groups excluding carboxylic acids is 1. The second-order valence-corrected chi connectivity index (χ2v) is 27.3. The summed E-state index contributed by atoms with van der Waals surface area (Å²) in [5, 5.41) is 0. The van der Waals surface area contributed by atoms with Crippen LogP contribution in [0.1, 0.15) is 191 Å². The van der Waals surface area contributed by atoms with E-state index in [0.717, 1.165) is 78.0 Å². The Kier molecular flexibility index (Phi) is 12.9. The Hall–Kier alpha value is -6.36. The molecule has 0 spiro atoms. The first-order chi connectivity index (χ1) is 34.3. The summed E-state index contributed by atoms with van der Waals surface area (Å²) in [5.41, 5.74) is 21.5. The molecule has 5 heterocycles. The number of benzene rings is 4. The van der Waals surface area contributed by atoms with E-state index in [-0.39, 0.29) is 54.8 Å². The van der Waals surface area contributed by atoms with Crippen molar-refractivity contribution >= 4 is 51.7 Å². The van der Waals surface area contributed by atoms with Gasteiger partial charge in [-0.1, -0.05) is 228 Å². The Morgan fingerprint density at radius 3 is 1.00 bits per heavy atom. The zero-order valence-corrected chi connectivity index (χ0v) is 48.5. The summed E-state index contributed by atoms with van der Waals surface area (Å²) < 4.78 is 0. The number of fused-ring (bicyclic) bond motifs is 10. The third-order valence-electron chi connectivity index (χ3n) is 15.3. The van der Waals surface area contributed by atoms with Gasteiger partial charge in [-0.15, -0.1) is 22.1 Å². The molecule has 75 heavy (non-hydrogen) atoms. The van der Waals surface area contributed by atoms with Crippen molar-refractivity contribution in [2.75, 3.05) is 0 Å². The van der Waals surface area contributed by atoms with Crippen molar-refractivity contribution < 1.29 is 21.3 Å². The van der Waals surface area contributed by atoms with Gasteiger partial charge in [0.15, 0.2) is 5.78 Å². The summed E-state index contributed by atoms with van der Waals surface area (Å²) in [7, 11) is 0. The van der Waals surface area contributed by atoms with Gasteiger partial charge in [-0.25, -0.2) is 9.97 Å². The summed E-state index contributed by atoms with van der Waals surface area (Å²) in [4.78, 5) is 37.7. The zero-order valence-electron chi connectivity index (χ0n) is 47.6. The van der Waals surface area contributed by atoms with Crippen molar-refractivity contribution in [1.29, 1.82) is 0 Å². The molecule has 7 aromatic rings. The topological polar surface area (TPSA) is 71.1 Å². The van der Waals surface area contributed by atoms with Gasteiger partial charge in [0, 0.05) is 5.56 Å². The first-order valence-electron chi connectivity index (χ1n) is 26.6. The molecular formula is C69H74N4NiO. The third kappa shape index (κ3) is 9.89. The molecular weight excluding hydrogens is 959 g/mol. The first kappa shape index (κ1) is 53.5. The van der Waals surface area contributed by atoms with E-state index in [4.69, 9.17) is 19.9 Å². The normalized spacial score (nSPS) is 13.9. The minimum Gasteiger partial charge on any atom is -0.657 e. The quantitative estimate of drug-likeness (QED) is 0.165. The molecule has 0 N–H and O–H groups in total. The molecule has 386 valence electrons. The van der Waals surface area contributed by atoms with Crippen LogP contribution in [-0.4, -0.2) is 15.8 Å². The molecule has 0 atom stereocenters. The predicted molar refractivity (Wildman–Crippen MR) is 314 cm³/mol. The predicted octanol–water partition coefficient (Wildman–Crippen LogP) is 17.9. The number of aromatic nitrogens is 4. The summed E-state index contributed by atoms with van der Waals surface area (Å²) >= 11 is 0. The summed E-state index contributed by atoms with van der Waals surface area (Å²) in [6.07, 6.45) is 6.37. The molecule has 8 bridgehead atoms. The number of hydrogen-bond donors (Lipinski definition) is 0. The fourth-order valence-corrected chi connectivity index (χ4v) is 10.5. The van der Waals surface area contributed by atoms with Gasteiger partial charge < -0.3 is 9.97 Å². The van der Waals surface area contributed by atoms with Gasteiger partial charge in [0.1, 0.15) is 0 Å². The molecule has 0 saturated heterocycles. The van der Waals surface area contributed by atoms with E-state index < -0.39 is 0 Å². The molecule has 6 heteroatoms. The number of carbonyl (C=O) groups is 1. The molecule has 0 amide bonds. The van der Waals surface area contributed by atoms with Crippen LogP contribution < -0.4 is 9.97 Å². The zero-order chi connectivity index (χ0) is 53.4. The van der Waals surface area contributed by atoms with Crippen LogP contribution in [0.2, 0.25) is 0 Å². The molecule has 5 nitrogen and oxygen atoms in total. The third-order valence-corrected chi connectivity index (χ3v) is 15.3. The number of allylic oxidation sites excluding steroid dienone is 1. The Labute approximate surface area is 456 Å². The Morgan fingerprint density at radius 1 is 0.360 bits per heavy atom. The standard InChI is InChI=1S/C69H75N4O.Ni/c1-64(2,3)42-29-39(30-43(35-42)65(4,5)6)58-51-23-24-52(70-51)59(40-31-44(66(7,8)9)36-45(32-40)67(10,11)12)54-27-28-56(72-54)61-48-21-19-20-22-49(48)63(74)50-38-57(73-62(50)61)60(55-26-25-53(58)71-55)41-33-46(68(13,14)15)37-47(34-41)69(16,17)18;/h19-38H,1-18H3,(H-,70,71,72,73,74);/q-1;+2/p-1. The maximum Gasteiger partial charge on any atom is 2.00 e. The average molecular weight is 1030 g/mol. The molecule has 0 unspecified atom stereocenters. The van der Waals surface area contributed by atoms with Crippen LogP contribution in [0.4, 0.5) is 0 Å². The van der Waals surface area contributed by atoms with Gasteiger partial charge in [0.25, 0.3) is 0 Å². The largest absolute Gasteiger partial charge is 2.00 e. The number of hydrogen-bond acceptors (Lipinski definition) is 3. The number of nitrogens with zero attached hydrogens (tertiary/aromatic N) is 4. The van der Waals surface area contributed by atoms with Gasteiger partial charge in [0.05, 0.1) is 28.3 Å². The van der Waals surface area contributed by atoms with Gasteiger partial charge in [-0.2, -0.15) is 0 Å². The minimum absolute atomic E-state index is 0. The minimum atomic E-state index is -0.152. The van der Waals surface area contributed by atoms with E-state index in [0.29, 0.717) is 22.5 Å². The van der Waals surface area contributed by atoms with Crippen LogP contribution in [0.15, 0.2) is 103 Å². The molecule has 2 aliphatic heterocycles. The van der Waals surface area contributed by atoms with Crippen LogP contribution in [0.5, 0.6) is 0 Å². The second kappa shape index (κ2) is 18.2. The van der Waals surface area contributed by atoms with Crippen molar-refractivity contribution in [3.63, 3.8) is 0 Å². The van der Waals surface area contributed by atoms with E-state index in [1.54, 1.807) is 0 Å². The van der Waals surface area contributed by atoms with Crippen LogP contribution in [-0.2, 0) is 49.0 Å². The maximum atomic E-state index is 14.9. The first-order valence-corrected chi connectivity index (χ1v) is 26.6. The fraction of sp³-hybridized carbons (Fsp3) is 0.348. The van der Waals surface area contributed by atoms with Gasteiger partial charge in [-0.3, -0.25) is 4.79 Å². The van der Waals surface area contributed by atoms with Crippen molar-refractivity contribution in [2.24, 2.45) is 0 Å². The number of rotatable bonds is 3. The monoisotopic (exact) mass is 1030 g/mol. The molecule has 10 rings (SSSR count). The molecule has 0 radical (unpaired) electrons. The molecule has 0 fully saturated rings. The smallest absolute Gasteiger partial charge is 0.657 e. The van der Waals surface area contributed by atoms with Gasteiger partial charge in [0.2, 0.25) is 0 Å². The Bertz CT molecular complexity index is 3640. The van der Waals surface area contributed by atoms with E-state index in [2.05, 4.69) is 216 Å². The number of ketones is 1. The van der Waals surface area contributed by atoms with Crippen LogP contribution in [0.25, 0.3) is 90.4 Å². The van der Waals surface area contributed by atoms with Crippen molar-refractivity contribution in [3.8, 4) is 44.5 Å². The van der Waals surface area contributed by atoms with Crippen molar-refractivity contribution in [1.82, 2.24) is 19.9 Å². The van der Waals surface area contributed by atoms with E-state index in [1.807, 2.05) is 30.3 Å². The van der Waals surface area contributed by atoms with Gasteiger partial charge in [-0.05, 0) is 129 Å². The van der Waals surface area contributed by atoms with Crippen molar-refractivity contribution in [2.45, 2.75) is 157 Å². The van der Waals surface area contributed by atoms with Crippen molar-refractivity contribution in [3.05, 3.63) is 165 Å². The summed E-state index contributed by atoms with van der Waals surface area (Å²) in [6.45, 7) is 41.0. The average Bonchev–Trinajstić information content (AvgIpc) is 4.14. The number of Topliss-reactive ketones (excluding diaryl/α,β-unsaturated/α-hetero) is 1. The van der Waals surface area contributed by atoms with E-state index in [1.165, 1.54) is 33.4 Å². The molecule has 1 aliphatic carbocycles. The summed E-state index contributed by atoms with van der Waals surface area (Å²) in [6, 6.07) is 37.6. The molecule has 0 saturated carbocycles. The Balaban J connectivity index is 0.00000689. The van der Waals surface area contributed by atoms with Gasteiger partial charge >= 0.3 is 16.5 Å². The van der Waals surface area contributed by atoms with Crippen LogP contribution in [0, 0.1) is 0 Å². The Morgan fingerprint density at radius 2 is 0.667 bits per heavy atom. The molecule has 3 aromatic heterocycles. The van der Waals surface area contributed by atoms with Crippen LogP contribution in [0.3, 0.4) is 0 Å². The summed E-state index contributed by atoms with van der Waals surface area (Å²) in [5.74, 6) is -0.0460.